The molecule has 1 fully saturated rings. The number of carbonyl (C=O) groups excluding carboxylic acids is 1. The molecule has 1 aliphatic heterocycles. The third-order valence-corrected chi connectivity index (χ3v) is 6.26. The number of amides is 1. The largest absolute Gasteiger partial charge is 0.361 e. The molecule has 5 heterocycles. The summed E-state index contributed by atoms with van der Waals surface area (Å²) in [5, 5.41) is 8.56. The average Bonchev–Trinajstić information content (AvgIpc) is 3.52. The van der Waals surface area contributed by atoms with Crippen LogP contribution in [0.5, 0.6) is 0 Å². The lowest BCUT2D eigenvalue weighted by atomic mass is 10.1. The molecule has 0 N–H and O–H groups in total. The molecule has 1 amide bonds. The predicted octanol–water partition coefficient (Wildman–Crippen LogP) is 1.98. The first-order valence-corrected chi connectivity index (χ1v) is 10.6. The number of aromatic nitrogens is 6. The highest BCUT2D eigenvalue weighted by molar-refractivity contribution is 5.94. The number of imidazole rings is 1. The summed E-state index contributed by atoms with van der Waals surface area (Å²) in [6.07, 6.45) is 2.35. The number of hydrogen-bond donors (Lipinski definition) is 0. The van der Waals surface area contributed by atoms with Gasteiger partial charge in [-0.3, -0.25) is 18.6 Å². The average molecular weight is 435 g/mol. The number of nitrogens with zero attached hydrogens (tertiary/aromatic N) is 7. The third kappa shape index (κ3) is 3.14. The van der Waals surface area contributed by atoms with Gasteiger partial charge in [-0.1, -0.05) is 5.16 Å². The predicted molar refractivity (Wildman–Crippen MR) is 117 cm³/mol. The van der Waals surface area contributed by atoms with Crippen LogP contribution in [0.4, 0.5) is 0 Å². The minimum Gasteiger partial charge on any atom is -0.361 e. The van der Waals surface area contributed by atoms with Gasteiger partial charge in [0.2, 0.25) is 0 Å². The molecule has 10 heteroatoms. The maximum atomic E-state index is 13.4. The van der Waals surface area contributed by atoms with Gasteiger partial charge >= 0.3 is 5.69 Å². The van der Waals surface area contributed by atoms with E-state index in [0.717, 1.165) is 22.5 Å². The van der Waals surface area contributed by atoms with Crippen LogP contribution in [0.25, 0.3) is 11.2 Å². The summed E-state index contributed by atoms with van der Waals surface area (Å²) in [4.78, 5) is 32.4. The number of hydrogen-bond acceptors (Lipinski definition) is 6. The first kappa shape index (κ1) is 20.2. The highest BCUT2D eigenvalue weighted by Crippen LogP contribution is 2.26. The third-order valence-electron chi connectivity index (χ3n) is 6.26. The number of rotatable bonds is 4. The maximum absolute atomic E-state index is 13.4. The van der Waals surface area contributed by atoms with Gasteiger partial charge in [-0.2, -0.15) is 5.10 Å². The van der Waals surface area contributed by atoms with Crippen molar-refractivity contribution in [3.63, 3.8) is 0 Å². The lowest BCUT2D eigenvalue weighted by Gasteiger charge is -2.16. The fourth-order valence-electron chi connectivity index (χ4n) is 4.54. The van der Waals surface area contributed by atoms with Crippen LogP contribution in [0.15, 0.2) is 33.7 Å². The number of fused-ring (bicyclic) bond motifs is 1. The van der Waals surface area contributed by atoms with Crippen molar-refractivity contribution in [1.82, 2.24) is 34.0 Å². The first-order chi connectivity index (χ1) is 15.3. The summed E-state index contributed by atoms with van der Waals surface area (Å²) in [5.41, 5.74) is 4.25. The van der Waals surface area contributed by atoms with Crippen molar-refractivity contribution in [3.05, 3.63) is 63.3 Å². The second kappa shape index (κ2) is 7.47. The molecule has 0 spiro atoms. The van der Waals surface area contributed by atoms with Gasteiger partial charge in [0.25, 0.3) is 5.91 Å². The summed E-state index contributed by atoms with van der Waals surface area (Å²) in [7, 11) is 1.74. The molecule has 0 aliphatic carbocycles. The molecule has 5 rings (SSSR count). The topological polar surface area (TPSA) is 104 Å². The summed E-state index contributed by atoms with van der Waals surface area (Å²) >= 11 is 0. The van der Waals surface area contributed by atoms with E-state index in [0.29, 0.717) is 43.2 Å². The maximum Gasteiger partial charge on any atom is 0.330 e. The zero-order valence-electron chi connectivity index (χ0n) is 18.6. The van der Waals surface area contributed by atoms with Crippen LogP contribution in [-0.2, 0) is 13.6 Å². The zero-order chi connectivity index (χ0) is 22.6. The van der Waals surface area contributed by atoms with Gasteiger partial charge in [-0.05, 0) is 45.4 Å². The molecule has 0 bridgehead atoms. The smallest absolute Gasteiger partial charge is 0.330 e. The summed E-state index contributed by atoms with van der Waals surface area (Å²) in [5.74, 6) is 0.410. The van der Waals surface area contributed by atoms with Crippen LogP contribution in [0, 0.1) is 20.8 Å². The van der Waals surface area contributed by atoms with Gasteiger partial charge in [0.05, 0.1) is 23.8 Å². The Morgan fingerprint density at radius 1 is 1.28 bits per heavy atom. The molecule has 10 nitrogen and oxygen atoms in total. The van der Waals surface area contributed by atoms with Crippen molar-refractivity contribution in [2.24, 2.45) is 7.05 Å². The summed E-state index contributed by atoms with van der Waals surface area (Å²) in [6, 6.07) is 5.54. The molecule has 0 aromatic carbocycles. The molecular formula is C22H25N7O3. The quantitative estimate of drug-likeness (QED) is 0.486. The monoisotopic (exact) mass is 435 g/mol. The molecule has 0 radical (unpaired) electrons. The molecule has 4 aromatic heterocycles. The van der Waals surface area contributed by atoms with Crippen LogP contribution in [0.2, 0.25) is 0 Å². The normalized spacial score (nSPS) is 16.4. The molecule has 1 aliphatic rings. The second-order valence-electron chi connectivity index (χ2n) is 8.40. The number of carbonyl (C=O) groups is 1. The Balaban J connectivity index is 1.42. The fourth-order valence-corrected chi connectivity index (χ4v) is 4.54. The molecule has 0 unspecified atom stereocenters. The van der Waals surface area contributed by atoms with Crippen LogP contribution in [0.1, 0.15) is 45.7 Å². The SMILES string of the molecule is Cc1cc(C)n(Cc2c(C(=O)N3CC[C@H](n4c(=O)n(C)c5cccnc54)C3)noc2C)n1. The van der Waals surface area contributed by atoms with E-state index in [9.17, 15) is 9.59 Å². The Morgan fingerprint density at radius 2 is 2.09 bits per heavy atom. The van der Waals surface area contributed by atoms with E-state index in [1.54, 1.807) is 34.2 Å². The lowest BCUT2D eigenvalue weighted by Crippen LogP contribution is -2.32. The van der Waals surface area contributed by atoms with Gasteiger partial charge in [0.1, 0.15) is 5.76 Å². The van der Waals surface area contributed by atoms with E-state index in [-0.39, 0.29) is 17.6 Å². The molecular weight excluding hydrogens is 410 g/mol. The summed E-state index contributed by atoms with van der Waals surface area (Å²) in [6.45, 7) is 7.08. The van der Waals surface area contributed by atoms with Crippen LogP contribution >= 0.6 is 0 Å². The zero-order valence-corrected chi connectivity index (χ0v) is 18.6. The van der Waals surface area contributed by atoms with E-state index >= 15 is 0 Å². The second-order valence-corrected chi connectivity index (χ2v) is 8.40. The van der Waals surface area contributed by atoms with Gasteiger partial charge in [-0.15, -0.1) is 0 Å². The van der Waals surface area contributed by atoms with Crippen LogP contribution in [0.3, 0.4) is 0 Å². The standard InChI is InChI=1S/C22H25N7O3/c1-13-10-14(2)28(24-13)12-17-15(3)32-25-19(17)21(30)27-9-7-16(11-27)29-20-18(6-5-8-23-20)26(4)22(29)31/h5-6,8,10,16H,7,9,11-12H2,1-4H3/t16-/m0/s1. The van der Waals surface area contributed by atoms with E-state index in [4.69, 9.17) is 4.52 Å². The van der Waals surface area contributed by atoms with Crippen LogP contribution < -0.4 is 5.69 Å². The van der Waals surface area contributed by atoms with Gasteiger partial charge in [-0.25, -0.2) is 9.78 Å². The Morgan fingerprint density at radius 3 is 2.84 bits per heavy atom. The van der Waals surface area contributed by atoms with Gasteiger partial charge < -0.3 is 9.42 Å². The van der Waals surface area contributed by atoms with E-state index < -0.39 is 0 Å². The Labute approximate surface area is 184 Å². The number of aryl methyl sites for hydroxylation is 4. The molecule has 1 atom stereocenters. The molecule has 1 saturated heterocycles. The highest BCUT2D eigenvalue weighted by Gasteiger charge is 2.33. The Bertz CT molecular complexity index is 1390. The van der Waals surface area contributed by atoms with Crippen molar-refractivity contribution >= 4 is 17.1 Å². The molecule has 32 heavy (non-hydrogen) atoms. The minimum atomic E-state index is -0.192. The van der Waals surface area contributed by atoms with Crippen molar-refractivity contribution < 1.29 is 9.32 Å². The molecule has 4 aromatic rings. The number of pyridine rings is 1. The number of likely N-dealkylation sites (tertiary alicyclic amines) is 1. The Hall–Kier alpha value is -3.69. The highest BCUT2D eigenvalue weighted by atomic mass is 16.5. The van der Waals surface area contributed by atoms with Crippen molar-refractivity contribution in [2.45, 2.75) is 39.8 Å². The molecule has 166 valence electrons. The fraction of sp³-hybridized carbons (Fsp3) is 0.409. The van der Waals surface area contributed by atoms with E-state index in [1.807, 2.05) is 36.7 Å². The first-order valence-electron chi connectivity index (χ1n) is 10.6. The van der Waals surface area contributed by atoms with Gasteiger partial charge in [0.15, 0.2) is 11.3 Å². The van der Waals surface area contributed by atoms with Crippen molar-refractivity contribution in [2.75, 3.05) is 13.1 Å². The van der Waals surface area contributed by atoms with E-state index in [1.165, 1.54) is 0 Å². The molecule has 0 saturated carbocycles. The van der Waals surface area contributed by atoms with E-state index in [2.05, 4.69) is 15.2 Å². The van der Waals surface area contributed by atoms with Crippen LogP contribution in [-0.4, -0.2) is 53.0 Å². The Kier molecular flexibility index (Phi) is 4.72. The summed E-state index contributed by atoms with van der Waals surface area (Å²) < 4.78 is 10.5. The van der Waals surface area contributed by atoms with Crippen molar-refractivity contribution in [1.29, 1.82) is 0 Å². The van der Waals surface area contributed by atoms with Crippen molar-refractivity contribution in [3.8, 4) is 0 Å². The lowest BCUT2D eigenvalue weighted by molar-refractivity contribution is 0.0776. The minimum absolute atomic E-state index is 0.125. The van der Waals surface area contributed by atoms with Gasteiger partial charge in [0, 0.05) is 37.6 Å².